The number of hydrogen-bond donors (Lipinski definition) is 2. The maximum atomic E-state index is 4.38. The van der Waals surface area contributed by atoms with Gasteiger partial charge < -0.3 is 10.3 Å². The highest BCUT2D eigenvalue weighted by atomic mass is 15.0. The van der Waals surface area contributed by atoms with Crippen LogP contribution < -0.4 is 5.32 Å². The normalized spacial score (nSPS) is 10.8. The molecule has 0 radical (unpaired) electrons. The van der Waals surface area contributed by atoms with Crippen LogP contribution in [0.4, 0.5) is 5.82 Å². The fraction of sp³-hybridized carbons (Fsp3) is 0.0588. The molecule has 0 saturated carbocycles. The zero-order valence-electron chi connectivity index (χ0n) is 12.3. The van der Waals surface area contributed by atoms with E-state index in [1.807, 2.05) is 42.7 Å². The number of fused-ring (bicyclic) bond motifs is 1. The van der Waals surface area contributed by atoms with Gasteiger partial charge in [0.2, 0.25) is 0 Å². The van der Waals surface area contributed by atoms with Crippen molar-refractivity contribution in [3.8, 4) is 11.3 Å². The van der Waals surface area contributed by atoms with Crippen molar-refractivity contribution in [3.63, 3.8) is 0 Å². The molecule has 0 aliphatic rings. The number of anilines is 1. The molecule has 4 rings (SSSR count). The van der Waals surface area contributed by atoms with Crippen LogP contribution in [-0.4, -0.2) is 24.9 Å². The van der Waals surface area contributed by atoms with Gasteiger partial charge >= 0.3 is 0 Å². The number of aromatic amines is 1. The van der Waals surface area contributed by atoms with Gasteiger partial charge in [-0.15, -0.1) is 0 Å². The molecule has 4 aromatic heterocycles. The second kappa shape index (κ2) is 5.84. The van der Waals surface area contributed by atoms with Crippen LogP contribution in [0.3, 0.4) is 0 Å². The molecule has 4 heterocycles. The molecule has 0 unspecified atom stereocenters. The molecule has 0 fully saturated rings. The molecular weight excluding hydrogens is 288 g/mol. The van der Waals surface area contributed by atoms with Crippen LogP contribution in [0.25, 0.3) is 22.3 Å². The van der Waals surface area contributed by atoms with E-state index >= 15 is 0 Å². The van der Waals surface area contributed by atoms with E-state index in [1.54, 1.807) is 18.7 Å². The van der Waals surface area contributed by atoms with Gasteiger partial charge in [0, 0.05) is 48.3 Å². The zero-order chi connectivity index (χ0) is 15.5. The van der Waals surface area contributed by atoms with E-state index in [-0.39, 0.29) is 0 Å². The van der Waals surface area contributed by atoms with E-state index < -0.39 is 0 Å². The summed E-state index contributed by atoms with van der Waals surface area (Å²) in [6, 6.07) is 9.82. The Balaban J connectivity index is 1.61. The number of pyridine rings is 2. The Kier molecular flexibility index (Phi) is 3.40. The quantitative estimate of drug-likeness (QED) is 0.606. The van der Waals surface area contributed by atoms with Crippen molar-refractivity contribution >= 4 is 16.9 Å². The molecule has 0 amide bonds. The van der Waals surface area contributed by atoms with E-state index in [2.05, 4.69) is 30.2 Å². The predicted octanol–water partition coefficient (Wildman–Crippen LogP) is 3.03. The largest absolute Gasteiger partial charge is 0.366 e. The van der Waals surface area contributed by atoms with E-state index in [9.17, 15) is 0 Å². The second-order valence-electron chi connectivity index (χ2n) is 5.11. The lowest BCUT2D eigenvalue weighted by Crippen LogP contribution is -2.02. The van der Waals surface area contributed by atoms with Crippen molar-refractivity contribution in [2.45, 2.75) is 6.54 Å². The van der Waals surface area contributed by atoms with E-state index in [0.717, 1.165) is 33.7 Å². The number of aromatic nitrogens is 5. The second-order valence-corrected chi connectivity index (χ2v) is 5.11. The summed E-state index contributed by atoms with van der Waals surface area (Å²) >= 11 is 0. The minimum atomic E-state index is 0.666. The molecule has 2 N–H and O–H groups in total. The van der Waals surface area contributed by atoms with E-state index in [0.29, 0.717) is 6.54 Å². The Hall–Kier alpha value is -3.28. The number of nitrogens with one attached hydrogen (secondary N) is 2. The number of nitrogens with zero attached hydrogens (tertiary/aromatic N) is 4. The van der Waals surface area contributed by atoms with Gasteiger partial charge in [-0.3, -0.25) is 4.98 Å². The van der Waals surface area contributed by atoms with Crippen molar-refractivity contribution in [2.75, 3.05) is 5.32 Å². The maximum Gasteiger partial charge on any atom is 0.137 e. The van der Waals surface area contributed by atoms with Gasteiger partial charge in [0.05, 0.1) is 5.69 Å². The lowest BCUT2D eigenvalue weighted by molar-refractivity contribution is 1.07. The molecule has 0 aliphatic heterocycles. The van der Waals surface area contributed by atoms with Gasteiger partial charge in [-0.1, -0.05) is 6.07 Å². The highest BCUT2D eigenvalue weighted by molar-refractivity contribution is 5.92. The minimum Gasteiger partial charge on any atom is -0.366 e. The number of hydrogen-bond acceptors (Lipinski definition) is 5. The summed E-state index contributed by atoms with van der Waals surface area (Å²) in [7, 11) is 0. The van der Waals surface area contributed by atoms with Crippen molar-refractivity contribution in [2.24, 2.45) is 0 Å². The third-order valence-corrected chi connectivity index (χ3v) is 3.59. The summed E-state index contributed by atoms with van der Waals surface area (Å²) < 4.78 is 0. The number of rotatable bonds is 4. The van der Waals surface area contributed by atoms with Gasteiger partial charge in [-0.05, 0) is 23.8 Å². The summed E-state index contributed by atoms with van der Waals surface area (Å²) in [6.45, 7) is 0.666. The molecule has 23 heavy (non-hydrogen) atoms. The van der Waals surface area contributed by atoms with Crippen LogP contribution in [-0.2, 0) is 6.54 Å². The first kappa shape index (κ1) is 13.4. The first-order chi connectivity index (χ1) is 11.4. The fourth-order valence-electron chi connectivity index (χ4n) is 2.46. The topological polar surface area (TPSA) is 79.4 Å². The monoisotopic (exact) mass is 302 g/mol. The number of H-pyrrole nitrogens is 1. The molecule has 0 spiro atoms. The van der Waals surface area contributed by atoms with Crippen molar-refractivity contribution < 1.29 is 0 Å². The lowest BCUT2D eigenvalue weighted by Gasteiger charge is -2.06. The Labute approximate surface area is 132 Å². The van der Waals surface area contributed by atoms with Crippen molar-refractivity contribution in [1.29, 1.82) is 0 Å². The molecule has 0 atom stereocenters. The van der Waals surface area contributed by atoms with E-state index in [4.69, 9.17) is 0 Å². The first-order valence-electron chi connectivity index (χ1n) is 7.27. The van der Waals surface area contributed by atoms with Gasteiger partial charge in [-0.25, -0.2) is 15.0 Å². The highest BCUT2D eigenvalue weighted by Gasteiger charge is 2.08. The van der Waals surface area contributed by atoms with Crippen molar-refractivity contribution in [3.05, 3.63) is 67.0 Å². The smallest absolute Gasteiger partial charge is 0.137 e. The Morgan fingerprint density at radius 2 is 2.00 bits per heavy atom. The Bertz CT molecular complexity index is 932. The summed E-state index contributed by atoms with van der Waals surface area (Å²) in [5.41, 5.74) is 3.82. The maximum absolute atomic E-state index is 4.38. The van der Waals surface area contributed by atoms with Crippen LogP contribution >= 0.6 is 0 Å². The van der Waals surface area contributed by atoms with Gasteiger partial charge in [0.25, 0.3) is 0 Å². The Morgan fingerprint density at radius 1 is 1.04 bits per heavy atom. The zero-order valence-corrected chi connectivity index (χ0v) is 12.3. The molecule has 0 bridgehead atoms. The minimum absolute atomic E-state index is 0.666. The fourth-order valence-corrected chi connectivity index (χ4v) is 2.46. The third kappa shape index (κ3) is 2.74. The summed E-state index contributed by atoms with van der Waals surface area (Å²) in [6.07, 6.45) is 8.85. The average Bonchev–Trinajstić information content (AvgIpc) is 3.05. The molecular formula is C17H14N6. The molecule has 4 aromatic rings. The summed E-state index contributed by atoms with van der Waals surface area (Å²) in [5.74, 6) is 0.775. The van der Waals surface area contributed by atoms with Crippen LogP contribution in [0.5, 0.6) is 0 Å². The third-order valence-electron chi connectivity index (χ3n) is 3.59. The summed E-state index contributed by atoms with van der Waals surface area (Å²) in [5, 5.41) is 4.34. The predicted molar refractivity (Wildman–Crippen MR) is 88.7 cm³/mol. The van der Waals surface area contributed by atoms with Crippen LogP contribution in [0.1, 0.15) is 5.56 Å². The Morgan fingerprint density at radius 3 is 2.91 bits per heavy atom. The molecule has 6 heteroatoms. The molecule has 0 aromatic carbocycles. The van der Waals surface area contributed by atoms with Gasteiger partial charge in [-0.2, -0.15) is 0 Å². The van der Waals surface area contributed by atoms with Crippen molar-refractivity contribution in [1.82, 2.24) is 24.9 Å². The van der Waals surface area contributed by atoms with Gasteiger partial charge in [0.15, 0.2) is 0 Å². The average molecular weight is 302 g/mol. The van der Waals surface area contributed by atoms with Gasteiger partial charge in [0.1, 0.15) is 17.8 Å². The van der Waals surface area contributed by atoms with Crippen LogP contribution in [0.15, 0.2) is 61.4 Å². The molecule has 112 valence electrons. The van der Waals surface area contributed by atoms with Crippen LogP contribution in [0, 0.1) is 0 Å². The summed E-state index contributed by atoms with van der Waals surface area (Å²) in [4.78, 5) is 20.2. The molecule has 0 saturated heterocycles. The standard InChI is InChI=1S/C17H14N6/c1-3-12(8-18-5-1)9-20-16-7-15(22-11-23-16)14-10-21-17-13(14)4-2-6-19-17/h1-8,10-11H,9H2,(H,19,21)(H,20,22,23). The lowest BCUT2D eigenvalue weighted by atomic mass is 10.1. The SMILES string of the molecule is c1cncc(CNc2cc(-c3c[nH]c4ncccc34)ncn2)c1. The van der Waals surface area contributed by atoms with E-state index in [1.165, 1.54) is 0 Å². The molecule has 0 aliphatic carbocycles. The van der Waals surface area contributed by atoms with Crippen LogP contribution in [0.2, 0.25) is 0 Å². The molecule has 6 nitrogen and oxygen atoms in total. The highest BCUT2D eigenvalue weighted by Crippen LogP contribution is 2.26. The first-order valence-corrected chi connectivity index (χ1v) is 7.27.